The summed E-state index contributed by atoms with van der Waals surface area (Å²) in [5.41, 5.74) is -0.585. The monoisotopic (exact) mass is 467 g/mol. The lowest BCUT2D eigenvalue weighted by Gasteiger charge is -2.15. The highest BCUT2D eigenvalue weighted by Crippen LogP contribution is 2.34. The Balaban J connectivity index is 1.76. The van der Waals surface area contributed by atoms with Gasteiger partial charge in [0.15, 0.2) is 0 Å². The zero-order valence-electron chi connectivity index (χ0n) is 17.4. The van der Waals surface area contributed by atoms with Crippen LogP contribution in [0, 0.1) is 10.1 Å². The molecular weight excluding hydrogens is 451 g/mol. The van der Waals surface area contributed by atoms with E-state index < -0.39 is 28.5 Å². The van der Waals surface area contributed by atoms with Crippen LogP contribution in [0.15, 0.2) is 84.6 Å². The number of hydrogen-bond donors (Lipinski definition) is 1. The molecule has 3 aromatic carbocycles. The number of nitro groups is 1. The van der Waals surface area contributed by atoms with E-state index in [0.717, 1.165) is 17.0 Å². The molecule has 34 heavy (non-hydrogen) atoms. The van der Waals surface area contributed by atoms with Gasteiger partial charge >= 0.3 is 6.18 Å². The molecule has 1 aliphatic rings. The first-order valence-electron chi connectivity index (χ1n) is 9.98. The standard InChI is InChI=1S/C24H16F3N3O4/c25-24(26,27)17-7-4-8-18(13-17)28-21-20(16-9-11-19(12-10-16)30(33)34)22(31)29(23(21)32)14-15-5-2-1-3-6-15/h1-13,28H,14H2. The third-order valence-corrected chi connectivity index (χ3v) is 5.18. The summed E-state index contributed by atoms with van der Waals surface area (Å²) in [7, 11) is 0. The summed E-state index contributed by atoms with van der Waals surface area (Å²) in [6, 6.07) is 18.0. The molecule has 7 nitrogen and oxygen atoms in total. The number of non-ortho nitro benzene ring substituents is 1. The van der Waals surface area contributed by atoms with Crippen molar-refractivity contribution in [2.45, 2.75) is 12.7 Å². The highest BCUT2D eigenvalue weighted by atomic mass is 19.4. The van der Waals surface area contributed by atoms with Gasteiger partial charge in [-0.15, -0.1) is 0 Å². The molecule has 0 saturated carbocycles. The first-order valence-corrected chi connectivity index (χ1v) is 9.98. The Morgan fingerprint density at radius 2 is 1.56 bits per heavy atom. The normalized spacial score (nSPS) is 14.0. The number of carbonyl (C=O) groups excluding carboxylic acids is 2. The van der Waals surface area contributed by atoms with Crippen molar-refractivity contribution in [3.63, 3.8) is 0 Å². The summed E-state index contributed by atoms with van der Waals surface area (Å²) in [6.45, 7) is -0.0528. The Kier molecular flexibility index (Phi) is 5.89. The van der Waals surface area contributed by atoms with Gasteiger partial charge in [0.2, 0.25) is 0 Å². The van der Waals surface area contributed by atoms with Crippen LogP contribution in [0.2, 0.25) is 0 Å². The summed E-state index contributed by atoms with van der Waals surface area (Å²) in [6.07, 6.45) is -4.60. The van der Waals surface area contributed by atoms with Crippen LogP contribution in [0.1, 0.15) is 16.7 Å². The number of carbonyl (C=O) groups is 2. The maximum atomic E-state index is 13.3. The number of rotatable bonds is 6. The summed E-state index contributed by atoms with van der Waals surface area (Å²) in [5.74, 6) is -1.39. The second kappa shape index (κ2) is 8.81. The minimum Gasteiger partial charge on any atom is -0.350 e. The molecular formula is C24H16F3N3O4. The van der Waals surface area contributed by atoms with E-state index in [4.69, 9.17) is 0 Å². The van der Waals surface area contributed by atoms with E-state index in [0.29, 0.717) is 5.56 Å². The second-order valence-corrected chi connectivity index (χ2v) is 7.44. The quantitative estimate of drug-likeness (QED) is 0.313. The number of anilines is 1. The molecule has 1 aliphatic heterocycles. The van der Waals surface area contributed by atoms with Gasteiger partial charge in [-0.05, 0) is 41.5 Å². The van der Waals surface area contributed by atoms with Gasteiger partial charge in [-0.1, -0.05) is 36.4 Å². The van der Waals surface area contributed by atoms with E-state index >= 15 is 0 Å². The van der Waals surface area contributed by atoms with E-state index in [9.17, 15) is 32.9 Å². The second-order valence-electron chi connectivity index (χ2n) is 7.44. The van der Waals surface area contributed by atoms with Crippen LogP contribution in [-0.2, 0) is 22.3 Å². The Labute approximate surface area is 191 Å². The van der Waals surface area contributed by atoms with E-state index in [1.165, 1.54) is 36.4 Å². The van der Waals surface area contributed by atoms with Crippen LogP contribution in [0.4, 0.5) is 24.5 Å². The zero-order chi connectivity index (χ0) is 24.5. The molecule has 2 amide bonds. The van der Waals surface area contributed by atoms with Crippen LogP contribution in [0.3, 0.4) is 0 Å². The molecule has 0 aliphatic carbocycles. The number of alkyl halides is 3. The van der Waals surface area contributed by atoms with E-state index in [1.54, 1.807) is 30.3 Å². The lowest BCUT2D eigenvalue weighted by atomic mass is 10.0. The third kappa shape index (κ3) is 4.51. The Bertz CT molecular complexity index is 1300. The van der Waals surface area contributed by atoms with E-state index in [2.05, 4.69) is 5.32 Å². The first kappa shape index (κ1) is 22.7. The molecule has 172 valence electrons. The fourth-order valence-corrected chi connectivity index (χ4v) is 3.54. The van der Waals surface area contributed by atoms with Crippen molar-refractivity contribution >= 4 is 28.8 Å². The van der Waals surface area contributed by atoms with Crippen molar-refractivity contribution in [1.82, 2.24) is 4.90 Å². The number of benzene rings is 3. The fraction of sp³-hybridized carbons (Fsp3) is 0.0833. The van der Waals surface area contributed by atoms with Crippen molar-refractivity contribution < 1.29 is 27.7 Å². The molecule has 4 rings (SSSR count). The molecule has 1 heterocycles. The van der Waals surface area contributed by atoms with Crippen molar-refractivity contribution in [1.29, 1.82) is 0 Å². The van der Waals surface area contributed by atoms with Gasteiger partial charge < -0.3 is 5.32 Å². The molecule has 0 saturated heterocycles. The Hall–Kier alpha value is -4.47. The molecule has 0 bridgehead atoms. The van der Waals surface area contributed by atoms with Crippen LogP contribution >= 0.6 is 0 Å². The van der Waals surface area contributed by atoms with Crippen molar-refractivity contribution in [3.05, 3.63) is 111 Å². The number of imide groups is 1. The Morgan fingerprint density at radius 1 is 0.882 bits per heavy atom. The largest absolute Gasteiger partial charge is 0.416 e. The minimum absolute atomic E-state index is 0.0352. The molecule has 1 N–H and O–H groups in total. The topological polar surface area (TPSA) is 92.5 Å². The van der Waals surface area contributed by atoms with Gasteiger partial charge in [-0.3, -0.25) is 24.6 Å². The van der Waals surface area contributed by atoms with Gasteiger partial charge in [0.05, 0.1) is 22.6 Å². The SMILES string of the molecule is O=C1C(Nc2cccc(C(F)(F)F)c2)=C(c2ccc([N+](=O)[O-])cc2)C(=O)N1Cc1ccccc1. The smallest absolute Gasteiger partial charge is 0.350 e. The van der Waals surface area contributed by atoms with Gasteiger partial charge in [-0.25, -0.2) is 0 Å². The van der Waals surface area contributed by atoms with Crippen LogP contribution in [0.5, 0.6) is 0 Å². The van der Waals surface area contributed by atoms with Crippen LogP contribution in [-0.4, -0.2) is 21.6 Å². The third-order valence-electron chi connectivity index (χ3n) is 5.18. The maximum absolute atomic E-state index is 13.3. The number of halogens is 3. The predicted octanol–water partition coefficient (Wildman–Crippen LogP) is 5.01. The molecule has 0 aromatic heterocycles. The minimum atomic E-state index is -4.60. The lowest BCUT2D eigenvalue weighted by Crippen LogP contribution is -2.32. The van der Waals surface area contributed by atoms with Crippen molar-refractivity contribution in [2.24, 2.45) is 0 Å². The molecule has 10 heteroatoms. The number of amides is 2. The number of hydrogen-bond acceptors (Lipinski definition) is 5. The fourth-order valence-electron chi connectivity index (χ4n) is 3.54. The number of nitro benzene ring substituents is 1. The first-order chi connectivity index (χ1) is 16.1. The Morgan fingerprint density at radius 3 is 2.18 bits per heavy atom. The van der Waals surface area contributed by atoms with Gasteiger partial charge in [0, 0.05) is 17.8 Å². The van der Waals surface area contributed by atoms with Crippen molar-refractivity contribution in [3.8, 4) is 0 Å². The van der Waals surface area contributed by atoms with E-state index in [1.807, 2.05) is 0 Å². The van der Waals surface area contributed by atoms with Gasteiger partial charge in [-0.2, -0.15) is 13.2 Å². The van der Waals surface area contributed by atoms with Gasteiger partial charge in [0.25, 0.3) is 17.5 Å². The van der Waals surface area contributed by atoms with Crippen LogP contribution < -0.4 is 5.32 Å². The maximum Gasteiger partial charge on any atom is 0.416 e. The van der Waals surface area contributed by atoms with E-state index in [-0.39, 0.29) is 34.8 Å². The highest BCUT2D eigenvalue weighted by molar-refractivity contribution is 6.36. The summed E-state index contributed by atoms with van der Waals surface area (Å²) in [4.78, 5) is 37.8. The average molecular weight is 467 g/mol. The molecule has 0 atom stereocenters. The molecule has 0 unspecified atom stereocenters. The molecule has 0 radical (unpaired) electrons. The zero-order valence-corrected chi connectivity index (χ0v) is 17.4. The molecule has 0 spiro atoms. The lowest BCUT2D eigenvalue weighted by molar-refractivity contribution is -0.384. The summed E-state index contributed by atoms with van der Waals surface area (Å²) >= 11 is 0. The van der Waals surface area contributed by atoms with Gasteiger partial charge in [0.1, 0.15) is 5.70 Å². The highest BCUT2D eigenvalue weighted by Gasteiger charge is 2.39. The molecule has 0 fully saturated rings. The van der Waals surface area contributed by atoms with Crippen LogP contribution in [0.25, 0.3) is 5.57 Å². The average Bonchev–Trinajstić information content (AvgIpc) is 3.03. The predicted molar refractivity (Wildman–Crippen MR) is 117 cm³/mol. The summed E-state index contributed by atoms with van der Waals surface area (Å²) < 4.78 is 39.4. The van der Waals surface area contributed by atoms with Crippen molar-refractivity contribution in [2.75, 3.05) is 5.32 Å². The number of nitrogens with one attached hydrogen (secondary N) is 1. The summed E-state index contributed by atoms with van der Waals surface area (Å²) in [5, 5.41) is 13.7. The molecule has 3 aromatic rings. The number of nitrogens with zero attached hydrogens (tertiary/aromatic N) is 2.